The van der Waals surface area contributed by atoms with Gasteiger partial charge in [0.05, 0.1) is 11.9 Å². The average Bonchev–Trinajstić information content (AvgIpc) is 2.89. The maximum atomic E-state index is 14.0. The van der Waals surface area contributed by atoms with E-state index < -0.39 is 34.3 Å². The third-order valence-corrected chi connectivity index (χ3v) is 7.62. The number of amides is 2. The van der Waals surface area contributed by atoms with Crippen LogP contribution >= 0.6 is 0 Å². The number of sulfonamides is 1. The Morgan fingerprint density at radius 1 is 0.949 bits per heavy atom. The Kier molecular flexibility index (Phi) is 10.2. The van der Waals surface area contributed by atoms with Gasteiger partial charge in [0.2, 0.25) is 21.8 Å². The zero-order chi connectivity index (χ0) is 28.6. The number of nitrogens with one attached hydrogen (secondary N) is 1. The molecule has 3 aromatic rings. The molecule has 3 aromatic carbocycles. The second kappa shape index (κ2) is 13.4. The van der Waals surface area contributed by atoms with Crippen LogP contribution in [0.15, 0.2) is 78.9 Å². The maximum absolute atomic E-state index is 14.0. The Morgan fingerprint density at radius 2 is 1.62 bits per heavy atom. The molecule has 0 heterocycles. The molecule has 2 atom stereocenters. The predicted octanol–water partition coefficient (Wildman–Crippen LogP) is 4.45. The molecule has 1 N–H and O–H groups in total. The molecule has 3 rings (SSSR count). The molecule has 39 heavy (non-hydrogen) atoms. The summed E-state index contributed by atoms with van der Waals surface area (Å²) in [5.74, 6) is -1.53. The first kappa shape index (κ1) is 29.8. The van der Waals surface area contributed by atoms with Crippen molar-refractivity contribution in [1.29, 1.82) is 0 Å². The number of benzene rings is 3. The largest absolute Gasteiger partial charge is 0.352 e. The van der Waals surface area contributed by atoms with E-state index in [2.05, 4.69) is 5.32 Å². The summed E-state index contributed by atoms with van der Waals surface area (Å²) in [6, 6.07) is 21.0. The van der Waals surface area contributed by atoms with E-state index in [1.54, 1.807) is 0 Å². The second-order valence-electron chi connectivity index (χ2n) is 9.78. The molecule has 0 aliphatic heterocycles. The zero-order valence-corrected chi connectivity index (χ0v) is 23.6. The molecular formula is C30H36FN3O4S. The number of carbonyl (C=O) groups is 2. The molecule has 0 aromatic heterocycles. The first-order valence-corrected chi connectivity index (χ1v) is 14.7. The van der Waals surface area contributed by atoms with E-state index in [0.717, 1.165) is 33.3 Å². The molecule has 9 heteroatoms. The van der Waals surface area contributed by atoms with E-state index in [4.69, 9.17) is 0 Å². The molecule has 0 aliphatic carbocycles. The van der Waals surface area contributed by atoms with Crippen molar-refractivity contribution in [2.75, 3.05) is 17.1 Å². The van der Waals surface area contributed by atoms with E-state index in [1.807, 2.05) is 75.4 Å². The van der Waals surface area contributed by atoms with Gasteiger partial charge in [-0.2, -0.15) is 0 Å². The summed E-state index contributed by atoms with van der Waals surface area (Å²) in [6.07, 6.45) is 1.91. The van der Waals surface area contributed by atoms with Crippen molar-refractivity contribution in [3.8, 4) is 0 Å². The van der Waals surface area contributed by atoms with Crippen molar-refractivity contribution >= 4 is 27.5 Å². The van der Waals surface area contributed by atoms with Gasteiger partial charge >= 0.3 is 0 Å². The van der Waals surface area contributed by atoms with Crippen molar-refractivity contribution < 1.29 is 22.4 Å². The highest BCUT2D eigenvalue weighted by Crippen LogP contribution is 2.21. The molecule has 0 radical (unpaired) electrons. The monoisotopic (exact) mass is 553 g/mol. The van der Waals surface area contributed by atoms with Crippen LogP contribution < -0.4 is 9.62 Å². The van der Waals surface area contributed by atoms with Crippen LogP contribution in [0, 0.1) is 12.7 Å². The van der Waals surface area contributed by atoms with Gasteiger partial charge in [0.1, 0.15) is 18.4 Å². The number of carbonyl (C=O) groups excluding carboxylic acids is 2. The summed E-state index contributed by atoms with van der Waals surface area (Å²) in [5, 5.41) is 2.99. The maximum Gasteiger partial charge on any atom is 0.244 e. The number of hydrogen-bond acceptors (Lipinski definition) is 4. The SMILES string of the molecule is CC[C@@H](C)NC(=O)[C@H](Cc1ccccc1)N(Cc1cccc(C)c1)C(=O)CN(c1cccc(F)c1)S(C)(=O)=O. The Balaban J connectivity index is 2.06. The second-order valence-corrected chi connectivity index (χ2v) is 11.7. The van der Waals surface area contributed by atoms with Crippen LogP contribution in [0.25, 0.3) is 0 Å². The summed E-state index contributed by atoms with van der Waals surface area (Å²) < 4.78 is 40.3. The molecule has 2 amide bonds. The first-order chi connectivity index (χ1) is 18.5. The summed E-state index contributed by atoms with van der Waals surface area (Å²) in [4.78, 5) is 29.0. The lowest BCUT2D eigenvalue weighted by molar-refractivity contribution is -0.140. The van der Waals surface area contributed by atoms with Crippen LogP contribution in [0.4, 0.5) is 10.1 Å². The minimum atomic E-state index is -3.95. The van der Waals surface area contributed by atoms with Crippen LogP contribution in [-0.4, -0.2) is 50.0 Å². The van der Waals surface area contributed by atoms with E-state index in [1.165, 1.54) is 23.1 Å². The van der Waals surface area contributed by atoms with Crippen molar-refractivity contribution in [2.24, 2.45) is 0 Å². The number of hydrogen-bond donors (Lipinski definition) is 1. The van der Waals surface area contributed by atoms with Gasteiger partial charge in [-0.3, -0.25) is 13.9 Å². The molecular weight excluding hydrogens is 517 g/mol. The van der Waals surface area contributed by atoms with Gasteiger partial charge in [0.15, 0.2) is 0 Å². The van der Waals surface area contributed by atoms with Crippen LogP contribution in [0.2, 0.25) is 0 Å². The van der Waals surface area contributed by atoms with Gasteiger partial charge in [-0.25, -0.2) is 12.8 Å². The molecule has 208 valence electrons. The van der Waals surface area contributed by atoms with Gasteiger partial charge < -0.3 is 10.2 Å². The van der Waals surface area contributed by atoms with Crippen LogP contribution in [0.1, 0.15) is 37.0 Å². The quantitative estimate of drug-likeness (QED) is 0.359. The molecule has 7 nitrogen and oxygen atoms in total. The van der Waals surface area contributed by atoms with Crippen molar-refractivity contribution in [1.82, 2.24) is 10.2 Å². The number of halogens is 1. The molecule has 0 aliphatic rings. The number of anilines is 1. The van der Waals surface area contributed by atoms with Gasteiger partial charge in [0.25, 0.3) is 0 Å². The topological polar surface area (TPSA) is 86.8 Å². The van der Waals surface area contributed by atoms with Crippen molar-refractivity contribution in [3.05, 3.63) is 101 Å². The van der Waals surface area contributed by atoms with E-state index in [0.29, 0.717) is 6.42 Å². The van der Waals surface area contributed by atoms with Crippen LogP contribution in [-0.2, 0) is 32.6 Å². The number of aryl methyl sites for hydroxylation is 1. The Labute approximate surface area is 230 Å². The number of nitrogens with zero attached hydrogens (tertiary/aromatic N) is 2. The molecule has 0 fully saturated rings. The fraction of sp³-hybridized carbons (Fsp3) is 0.333. The van der Waals surface area contributed by atoms with Crippen molar-refractivity contribution in [2.45, 2.75) is 52.2 Å². The van der Waals surface area contributed by atoms with E-state index in [9.17, 15) is 22.4 Å². The average molecular weight is 554 g/mol. The fourth-order valence-electron chi connectivity index (χ4n) is 4.25. The molecule has 0 unspecified atom stereocenters. The fourth-order valence-corrected chi connectivity index (χ4v) is 5.09. The Hall–Kier alpha value is -3.72. The highest BCUT2D eigenvalue weighted by atomic mass is 32.2. The van der Waals surface area contributed by atoms with Gasteiger partial charge in [-0.15, -0.1) is 0 Å². The van der Waals surface area contributed by atoms with Crippen molar-refractivity contribution in [3.63, 3.8) is 0 Å². The summed E-state index contributed by atoms with van der Waals surface area (Å²) >= 11 is 0. The lowest BCUT2D eigenvalue weighted by Gasteiger charge is -2.34. The highest BCUT2D eigenvalue weighted by molar-refractivity contribution is 7.92. The number of rotatable bonds is 12. The first-order valence-electron chi connectivity index (χ1n) is 12.9. The Bertz CT molecular complexity index is 1380. The lowest BCUT2D eigenvalue weighted by Crippen LogP contribution is -2.54. The molecule has 0 saturated heterocycles. The van der Waals surface area contributed by atoms with E-state index in [-0.39, 0.29) is 30.6 Å². The highest BCUT2D eigenvalue weighted by Gasteiger charge is 2.33. The predicted molar refractivity (Wildman–Crippen MR) is 152 cm³/mol. The molecule has 0 saturated carbocycles. The van der Waals surface area contributed by atoms with Crippen LogP contribution in [0.5, 0.6) is 0 Å². The summed E-state index contributed by atoms with van der Waals surface area (Å²) in [7, 11) is -3.95. The zero-order valence-electron chi connectivity index (χ0n) is 22.8. The van der Waals surface area contributed by atoms with E-state index >= 15 is 0 Å². The summed E-state index contributed by atoms with van der Waals surface area (Å²) in [5.41, 5.74) is 2.68. The lowest BCUT2D eigenvalue weighted by atomic mass is 10.0. The summed E-state index contributed by atoms with van der Waals surface area (Å²) in [6.45, 7) is 5.28. The molecule has 0 bridgehead atoms. The third kappa shape index (κ3) is 8.64. The minimum absolute atomic E-state index is 0.0324. The van der Waals surface area contributed by atoms with Gasteiger partial charge in [-0.1, -0.05) is 73.2 Å². The van der Waals surface area contributed by atoms with Crippen LogP contribution in [0.3, 0.4) is 0 Å². The molecule has 0 spiro atoms. The normalized spacial score (nSPS) is 12.8. The van der Waals surface area contributed by atoms with Gasteiger partial charge in [0, 0.05) is 19.0 Å². The standard InChI is InChI=1S/C30H36FN3O4S/c1-5-23(3)32-30(36)28(18-24-12-7-6-8-13-24)33(20-25-14-9-11-22(2)17-25)29(35)21-34(39(4,37)38)27-16-10-15-26(31)19-27/h6-17,19,23,28H,5,18,20-21H2,1-4H3,(H,32,36)/t23-,28+/m1/s1. The Morgan fingerprint density at radius 3 is 2.23 bits per heavy atom. The third-order valence-electron chi connectivity index (χ3n) is 6.48. The minimum Gasteiger partial charge on any atom is -0.352 e. The van der Waals surface area contributed by atoms with Gasteiger partial charge in [-0.05, 0) is 49.6 Å². The smallest absolute Gasteiger partial charge is 0.244 e.